The number of carbonyl (C=O) groups is 1. The molecular formula is C6H12O2S3. The molecule has 0 saturated heterocycles. The second-order valence-electron chi connectivity index (χ2n) is 2.18. The fraction of sp³-hybridized carbons (Fsp3) is 0.833. The number of rotatable bonds is 6. The number of hydrogen-bond donors (Lipinski definition) is 1. The molecule has 0 bridgehead atoms. The van der Waals surface area contributed by atoms with Crippen LogP contribution in [0.1, 0.15) is 20.3 Å². The lowest BCUT2D eigenvalue weighted by atomic mass is 10.5. The van der Waals surface area contributed by atoms with E-state index in [-0.39, 0.29) is 6.42 Å². The maximum atomic E-state index is 10.1. The summed E-state index contributed by atoms with van der Waals surface area (Å²) < 4.78 is 0. The predicted molar refractivity (Wildman–Crippen MR) is 55.0 cm³/mol. The SMILES string of the molecule is CC(C)SSSCCC(=O)O. The third-order valence-corrected chi connectivity index (χ3v) is 5.36. The van der Waals surface area contributed by atoms with E-state index in [2.05, 4.69) is 13.8 Å². The van der Waals surface area contributed by atoms with Crippen LogP contribution in [0.15, 0.2) is 0 Å². The first-order valence-electron chi connectivity index (χ1n) is 3.29. The van der Waals surface area contributed by atoms with Gasteiger partial charge in [0.05, 0.1) is 6.42 Å². The molecule has 0 aromatic carbocycles. The van der Waals surface area contributed by atoms with Gasteiger partial charge in [-0.15, -0.1) is 0 Å². The Labute approximate surface area is 78.7 Å². The minimum atomic E-state index is -0.715. The van der Waals surface area contributed by atoms with Crippen molar-refractivity contribution < 1.29 is 9.90 Å². The largest absolute Gasteiger partial charge is 0.481 e. The summed E-state index contributed by atoms with van der Waals surface area (Å²) in [6, 6.07) is 0. The molecule has 0 radical (unpaired) electrons. The zero-order valence-corrected chi connectivity index (χ0v) is 9.02. The Morgan fingerprint density at radius 3 is 2.64 bits per heavy atom. The highest BCUT2D eigenvalue weighted by molar-refractivity contribution is 9.09. The van der Waals surface area contributed by atoms with Gasteiger partial charge in [0.2, 0.25) is 0 Å². The lowest BCUT2D eigenvalue weighted by Gasteiger charge is -2.00. The fourth-order valence-electron chi connectivity index (χ4n) is 0.269. The molecule has 0 aromatic heterocycles. The van der Waals surface area contributed by atoms with Gasteiger partial charge in [0.25, 0.3) is 0 Å². The van der Waals surface area contributed by atoms with Crippen molar-refractivity contribution >= 4 is 37.4 Å². The molecule has 66 valence electrons. The number of carboxylic acids is 1. The third-order valence-electron chi connectivity index (χ3n) is 0.679. The molecule has 11 heavy (non-hydrogen) atoms. The van der Waals surface area contributed by atoms with Gasteiger partial charge in [0.1, 0.15) is 0 Å². The van der Waals surface area contributed by atoms with E-state index in [9.17, 15) is 4.79 Å². The summed E-state index contributed by atoms with van der Waals surface area (Å²) in [4.78, 5) is 10.1. The van der Waals surface area contributed by atoms with Gasteiger partial charge < -0.3 is 5.11 Å². The van der Waals surface area contributed by atoms with Crippen LogP contribution in [0, 0.1) is 0 Å². The zero-order valence-electron chi connectivity index (χ0n) is 6.57. The van der Waals surface area contributed by atoms with E-state index in [4.69, 9.17) is 5.11 Å². The highest BCUT2D eigenvalue weighted by Crippen LogP contribution is 2.37. The van der Waals surface area contributed by atoms with Gasteiger partial charge in [0.15, 0.2) is 0 Å². The molecule has 0 aliphatic rings. The zero-order chi connectivity index (χ0) is 8.69. The normalized spacial score (nSPS) is 10.5. The summed E-state index contributed by atoms with van der Waals surface area (Å²) >= 11 is 0. The molecule has 0 fully saturated rings. The van der Waals surface area contributed by atoms with Crippen molar-refractivity contribution in [2.24, 2.45) is 0 Å². The van der Waals surface area contributed by atoms with Crippen LogP contribution in [0.2, 0.25) is 0 Å². The Hall–Kier alpha value is 0.520. The van der Waals surface area contributed by atoms with Crippen LogP contribution >= 0.6 is 31.4 Å². The Morgan fingerprint density at radius 2 is 2.18 bits per heavy atom. The smallest absolute Gasteiger partial charge is 0.304 e. The van der Waals surface area contributed by atoms with E-state index in [0.29, 0.717) is 11.0 Å². The molecule has 0 aliphatic carbocycles. The lowest BCUT2D eigenvalue weighted by Crippen LogP contribution is -1.94. The van der Waals surface area contributed by atoms with Crippen LogP contribution in [0.25, 0.3) is 0 Å². The van der Waals surface area contributed by atoms with E-state index in [0.717, 1.165) is 0 Å². The second-order valence-corrected chi connectivity index (χ2v) is 7.01. The van der Waals surface area contributed by atoms with Gasteiger partial charge in [-0.2, -0.15) is 0 Å². The van der Waals surface area contributed by atoms with Gasteiger partial charge in [-0.3, -0.25) is 4.79 Å². The van der Waals surface area contributed by atoms with E-state index < -0.39 is 5.97 Å². The summed E-state index contributed by atoms with van der Waals surface area (Å²) in [5.74, 6) is -0.0210. The number of hydrogen-bond acceptors (Lipinski definition) is 4. The lowest BCUT2D eigenvalue weighted by molar-refractivity contribution is -0.136. The van der Waals surface area contributed by atoms with Gasteiger partial charge in [-0.05, 0) is 9.83 Å². The Balaban J connectivity index is 2.97. The van der Waals surface area contributed by atoms with Crippen molar-refractivity contribution in [1.29, 1.82) is 0 Å². The van der Waals surface area contributed by atoms with Gasteiger partial charge >= 0.3 is 5.97 Å². The Bertz CT molecular complexity index is 116. The van der Waals surface area contributed by atoms with E-state index in [1.807, 2.05) is 0 Å². The summed E-state index contributed by atoms with van der Waals surface area (Å²) in [6.45, 7) is 4.24. The van der Waals surface area contributed by atoms with Gasteiger partial charge in [-0.25, -0.2) is 0 Å². The monoisotopic (exact) mass is 212 g/mol. The molecule has 1 N–H and O–H groups in total. The van der Waals surface area contributed by atoms with E-state index in [1.54, 1.807) is 31.4 Å². The van der Waals surface area contributed by atoms with Crippen molar-refractivity contribution in [2.45, 2.75) is 25.5 Å². The number of carboxylic acid groups (broad SMARTS) is 1. The topological polar surface area (TPSA) is 37.3 Å². The van der Waals surface area contributed by atoms with Crippen molar-refractivity contribution in [1.82, 2.24) is 0 Å². The minimum Gasteiger partial charge on any atom is -0.481 e. The highest BCUT2D eigenvalue weighted by atomic mass is 33.5. The van der Waals surface area contributed by atoms with Crippen molar-refractivity contribution in [2.75, 3.05) is 5.75 Å². The maximum Gasteiger partial charge on any atom is 0.304 e. The van der Waals surface area contributed by atoms with E-state index >= 15 is 0 Å². The standard InChI is InChI=1S/C6H12O2S3/c1-5(2)10-11-9-4-3-6(7)8/h5H,3-4H2,1-2H3,(H,7,8). The van der Waals surface area contributed by atoms with Crippen molar-refractivity contribution in [3.63, 3.8) is 0 Å². The molecule has 0 amide bonds. The van der Waals surface area contributed by atoms with Crippen molar-refractivity contribution in [3.05, 3.63) is 0 Å². The molecule has 0 unspecified atom stereocenters. The molecule has 5 heteroatoms. The molecule has 0 aromatic rings. The molecular weight excluding hydrogens is 200 g/mol. The molecule has 0 saturated carbocycles. The maximum absolute atomic E-state index is 10.1. The third kappa shape index (κ3) is 10.5. The average molecular weight is 212 g/mol. The first-order chi connectivity index (χ1) is 5.13. The van der Waals surface area contributed by atoms with Crippen LogP contribution < -0.4 is 0 Å². The predicted octanol–water partition coefficient (Wildman–Crippen LogP) is 2.90. The Morgan fingerprint density at radius 1 is 1.55 bits per heavy atom. The van der Waals surface area contributed by atoms with Crippen LogP contribution in [-0.4, -0.2) is 22.1 Å². The molecule has 0 spiro atoms. The first kappa shape index (κ1) is 11.5. The average Bonchev–Trinajstić information content (AvgIpc) is 1.85. The minimum absolute atomic E-state index is 0.260. The quantitative estimate of drug-likeness (QED) is 0.541. The van der Waals surface area contributed by atoms with E-state index in [1.165, 1.54) is 0 Å². The number of aliphatic carboxylic acids is 1. The van der Waals surface area contributed by atoms with Gasteiger partial charge in [0, 0.05) is 11.0 Å². The van der Waals surface area contributed by atoms with Crippen LogP contribution in [0.4, 0.5) is 0 Å². The van der Waals surface area contributed by atoms with Crippen LogP contribution in [0.5, 0.6) is 0 Å². The summed E-state index contributed by atoms with van der Waals surface area (Å²) in [5.41, 5.74) is 0. The molecule has 2 nitrogen and oxygen atoms in total. The molecule has 0 aliphatic heterocycles. The van der Waals surface area contributed by atoms with Crippen LogP contribution in [-0.2, 0) is 4.79 Å². The molecule has 0 rings (SSSR count). The summed E-state index contributed by atoms with van der Waals surface area (Å²) in [7, 11) is 5.05. The van der Waals surface area contributed by atoms with Crippen molar-refractivity contribution in [3.8, 4) is 0 Å². The first-order valence-corrected chi connectivity index (χ1v) is 7.01. The fourth-order valence-corrected chi connectivity index (χ4v) is 4.43. The summed E-state index contributed by atoms with van der Waals surface area (Å²) in [5, 5.41) is 8.90. The van der Waals surface area contributed by atoms with Crippen LogP contribution in [0.3, 0.4) is 0 Å². The summed E-state index contributed by atoms with van der Waals surface area (Å²) in [6.07, 6.45) is 0.260. The molecule has 0 atom stereocenters. The highest BCUT2D eigenvalue weighted by Gasteiger charge is 1.98. The second kappa shape index (κ2) is 7.18. The molecule has 0 heterocycles. The van der Waals surface area contributed by atoms with Gasteiger partial charge in [-0.1, -0.05) is 35.4 Å². The Kier molecular flexibility index (Phi) is 7.52.